The molecule has 0 aromatic heterocycles. The Morgan fingerprint density at radius 2 is 0.857 bits per heavy atom. The van der Waals surface area contributed by atoms with Crippen LogP contribution in [-0.2, 0) is 0 Å². The van der Waals surface area contributed by atoms with Crippen molar-refractivity contribution in [1.29, 1.82) is 0 Å². The third-order valence-corrected chi connectivity index (χ3v) is 67.1. The van der Waals surface area contributed by atoms with Crippen molar-refractivity contribution in [3.8, 4) is 0 Å². The molecular formula is C18H20Te3. The van der Waals surface area contributed by atoms with E-state index in [4.69, 9.17) is 0 Å². The SMILES string of the molecule is c1ccc([TeH2][TeH]([TeH2]c2ccccc2)c2ccccc2)cc1. The molecule has 3 rings (SSSR count). The van der Waals surface area contributed by atoms with E-state index in [0.717, 1.165) is 0 Å². The van der Waals surface area contributed by atoms with Crippen molar-refractivity contribution < 1.29 is 0 Å². The Kier molecular flexibility index (Phi) is 6.52. The Morgan fingerprint density at radius 1 is 0.476 bits per heavy atom. The molecule has 3 heteroatoms. The van der Waals surface area contributed by atoms with Crippen LogP contribution in [0.4, 0.5) is 0 Å². The summed E-state index contributed by atoms with van der Waals surface area (Å²) in [7, 11) is 0. The van der Waals surface area contributed by atoms with Gasteiger partial charge in [-0.2, -0.15) is 0 Å². The van der Waals surface area contributed by atoms with Crippen LogP contribution in [0.2, 0.25) is 0 Å². The van der Waals surface area contributed by atoms with Crippen molar-refractivity contribution in [1.82, 2.24) is 0 Å². The maximum atomic E-state index is 2.41. The zero-order valence-corrected chi connectivity index (χ0v) is 19.9. The average Bonchev–Trinajstić information content (AvgIpc) is 2.57. The molecule has 3 aromatic carbocycles. The fraction of sp³-hybridized carbons (Fsp3) is 0. The van der Waals surface area contributed by atoms with E-state index in [1.165, 1.54) is 0 Å². The Hall–Kier alpha value is 0.0288. The molecule has 0 spiro atoms. The van der Waals surface area contributed by atoms with Gasteiger partial charge in [0.15, 0.2) is 0 Å². The molecule has 21 heavy (non-hydrogen) atoms. The predicted molar refractivity (Wildman–Crippen MR) is 102 cm³/mol. The molecular weight excluding hydrogens is 599 g/mol. The van der Waals surface area contributed by atoms with E-state index in [1.807, 2.05) is 0 Å². The van der Waals surface area contributed by atoms with Gasteiger partial charge in [-0.1, -0.05) is 0 Å². The first-order valence-electron chi connectivity index (χ1n) is 6.90. The van der Waals surface area contributed by atoms with Gasteiger partial charge >= 0.3 is 148 Å². The van der Waals surface area contributed by atoms with E-state index in [-0.39, 0.29) is 0 Å². The van der Waals surface area contributed by atoms with Crippen LogP contribution >= 0.6 is 0 Å². The zero-order valence-electron chi connectivity index (χ0n) is 11.6. The van der Waals surface area contributed by atoms with Gasteiger partial charge in [-0.15, -0.1) is 0 Å². The predicted octanol–water partition coefficient (Wildman–Crippen LogP) is 0.103. The Labute approximate surface area is 146 Å². The van der Waals surface area contributed by atoms with Crippen molar-refractivity contribution in [3.63, 3.8) is 0 Å². The van der Waals surface area contributed by atoms with Crippen LogP contribution in [0, 0.1) is 0 Å². The van der Waals surface area contributed by atoms with E-state index in [0.29, 0.717) is 0 Å². The zero-order chi connectivity index (χ0) is 14.3. The number of hydrogen-bond donors (Lipinski definition) is 0. The van der Waals surface area contributed by atoms with Crippen LogP contribution in [0.3, 0.4) is 0 Å². The van der Waals surface area contributed by atoms with Crippen molar-refractivity contribution >= 4 is 56.8 Å². The number of rotatable bonds is 5. The van der Waals surface area contributed by atoms with E-state index in [2.05, 4.69) is 91.0 Å². The molecule has 110 valence electrons. The Morgan fingerprint density at radius 3 is 1.29 bits per heavy atom. The Balaban J connectivity index is 1.84. The topological polar surface area (TPSA) is 0 Å². The summed E-state index contributed by atoms with van der Waals surface area (Å²) >= 11 is -2.01. The van der Waals surface area contributed by atoms with E-state index >= 15 is 0 Å². The molecule has 0 bridgehead atoms. The van der Waals surface area contributed by atoms with Crippen LogP contribution < -0.4 is 10.8 Å². The molecule has 0 N–H and O–H groups in total. The monoisotopic (exact) mass is 626 g/mol. The van der Waals surface area contributed by atoms with Crippen LogP contribution in [0.5, 0.6) is 0 Å². The molecule has 0 aliphatic carbocycles. The summed E-state index contributed by atoms with van der Waals surface area (Å²) in [5, 5.41) is 0. The molecule has 0 saturated heterocycles. The van der Waals surface area contributed by atoms with Crippen LogP contribution in [0.1, 0.15) is 0 Å². The summed E-state index contributed by atoms with van der Waals surface area (Å²) in [6.07, 6.45) is 0. The van der Waals surface area contributed by atoms with Crippen molar-refractivity contribution in [3.05, 3.63) is 91.0 Å². The summed E-state index contributed by atoms with van der Waals surface area (Å²) in [5.74, 6) is 0. The van der Waals surface area contributed by atoms with E-state index in [9.17, 15) is 0 Å². The molecule has 0 aliphatic heterocycles. The molecule has 3 aromatic rings. The minimum absolute atomic E-state index is 0.399. The molecule has 0 unspecified atom stereocenters. The van der Waals surface area contributed by atoms with Gasteiger partial charge in [-0.3, -0.25) is 0 Å². The molecule has 0 heterocycles. The van der Waals surface area contributed by atoms with Crippen molar-refractivity contribution in [2.75, 3.05) is 0 Å². The van der Waals surface area contributed by atoms with Gasteiger partial charge in [0.1, 0.15) is 0 Å². The van der Waals surface area contributed by atoms with Gasteiger partial charge < -0.3 is 0 Å². The van der Waals surface area contributed by atoms with Crippen molar-refractivity contribution in [2.45, 2.75) is 0 Å². The fourth-order valence-electron chi connectivity index (χ4n) is 2.02. The van der Waals surface area contributed by atoms with Crippen LogP contribution in [0.15, 0.2) is 91.0 Å². The number of benzene rings is 3. The molecule has 0 amide bonds. The maximum absolute atomic E-state index is 2.41. The third kappa shape index (κ3) is 5.02. The normalized spacial score (nSPS) is 14.8. The van der Waals surface area contributed by atoms with Gasteiger partial charge in [0.2, 0.25) is 0 Å². The molecule has 0 aliphatic rings. The number of hydrogen-bond acceptors (Lipinski definition) is 0. The summed E-state index contributed by atoms with van der Waals surface area (Å²) < 4.78 is 5.15. The summed E-state index contributed by atoms with van der Waals surface area (Å²) in [4.78, 5) is 0. The Bertz CT molecular complexity index is 612. The first kappa shape index (κ1) is 15.9. The van der Waals surface area contributed by atoms with E-state index < -0.39 is 45.9 Å². The summed E-state index contributed by atoms with van der Waals surface area (Å²) in [5.41, 5.74) is 0. The van der Waals surface area contributed by atoms with Gasteiger partial charge in [0.25, 0.3) is 0 Å². The quantitative estimate of drug-likeness (QED) is 0.356. The minimum atomic E-state index is -1.21. The first-order valence-corrected chi connectivity index (χ1v) is 30.7. The fourth-order valence-corrected chi connectivity index (χ4v) is 75.3. The second kappa shape index (κ2) is 8.61. The molecule has 0 nitrogen and oxygen atoms in total. The third-order valence-electron chi connectivity index (χ3n) is 3.04. The second-order valence-corrected chi connectivity index (χ2v) is 62.7. The van der Waals surface area contributed by atoms with Crippen molar-refractivity contribution in [2.24, 2.45) is 0 Å². The summed E-state index contributed by atoms with van der Waals surface area (Å²) in [6.45, 7) is 0. The van der Waals surface area contributed by atoms with Gasteiger partial charge in [-0.25, -0.2) is 0 Å². The van der Waals surface area contributed by atoms with Gasteiger partial charge in [0.05, 0.1) is 0 Å². The molecule has 0 radical (unpaired) electrons. The molecule has 0 fully saturated rings. The second-order valence-electron chi connectivity index (χ2n) is 4.63. The van der Waals surface area contributed by atoms with Gasteiger partial charge in [-0.05, 0) is 0 Å². The molecule has 0 saturated carbocycles. The average molecular weight is 619 g/mol. The van der Waals surface area contributed by atoms with Crippen LogP contribution in [-0.4, -0.2) is 45.9 Å². The standard InChI is InChI=1S/C18H20Te3/c1-4-10-16(11-5-1)19-21(18-14-8-3-9-15-18)20-17-12-6-2-7-13-17/h1-15,21H,19-20H2. The molecule has 0 atom stereocenters. The van der Waals surface area contributed by atoms with Gasteiger partial charge in [0, 0.05) is 0 Å². The van der Waals surface area contributed by atoms with E-state index in [1.54, 1.807) is 10.8 Å². The first-order chi connectivity index (χ1) is 10.4. The summed E-state index contributed by atoms with van der Waals surface area (Å²) in [6, 6.07) is 34.1. The van der Waals surface area contributed by atoms with Crippen LogP contribution in [0.25, 0.3) is 0 Å².